The average Bonchev–Trinajstić information content (AvgIpc) is 3.28. The van der Waals surface area contributed by atoms with Gasteiger partial charge < -0.3 is 14.4 Å². The number of aromatic nitrogens is 1. The first-order valence-electron chi connectivity index (χ1n) is 10.4. The highest BCUT2D eigenvalue weighted by Crippen LogP contribution is 2.26. The van der Waals surface area contributed by atoms with Gasteiger partial charge in [-0.3, -0.25) is 9.69 Å². The molecule has 7 heteroatoms. The molecule has 31 heavy (non-hydrogen) atoms. The summed E-state index contributed by atoms with van der Waals surface area (Å²) >= 11 is 1.66. The molecule has 0 atom stereocenters. The van der Waals surface area contributed by atoms with Gasteiger partial charge in [-0.2, -0.15) is 0 Å². The number of carbonyl (C=O) groups excluding carboxylic acids is 1. The van der Waals surface area contributed by atoms with Crippen molar-refractivity contribution >= 4 is 17.2 Å². The summed E-state index contributed by atoms with van der Waals surface area (Å²) in [6.45, 7) is 4.05. The lowest BCUT2D eigenvalue weighted by Gasteiger charge is -2.34. The second kappa shape index (κ2) is 9.94. The number of hydrogen-bond donors (Lipinski definition) is 0. The van der Waals surface area contributed by atoms with Gasteiger partial charge in [0.15, 0.2) is 0 Å². The zero-order valence-electron chi connectivity index (χ0n) is 17.9. The van der Waals surface area contributed by atoms with Crippen LogP contribution in [0.3, 0.4) is 0 Å². The lowest BCUT2D eigenvalue weighted by Crippen LogP contribution is -2.48. The first kappa shape index (κ1) is 21.3. The van der Waals surface area contributed by atoms with Crippen molar-refractivity contribution in [3.63, 3.8) is 0 Å². The van der Waals surface area contributed by atoms with Crippen LogP contribution in [0, 0.1) is 0 Å². The molecule has 0 saturated carbocycles. The topological polar surface area (TPSA) is 54.9 Å². The number of methoxy groups -OCH3 is 2. The summed E-state index contributed by atoms with van der Waals surface area (Å²) in [4.78, 5) is 21.8. The Morgan fingerprint density at radius 1 is 0.935 bits per heavy atom. The minimum atomic E-state index is 0.181. The Morgan fingerprint density at radius 2 is 1.55 bits per heavy atom. The van der Waals surface area contributed by atoms with Crippen LogP contribution in [0.15, 0.2) is 53.9 Å². The van der Waals surface area contributed by atoms with Gasteiger partial charge >= 0.3 is 0 Å². The van der Waals surface area contributed by atoms with Crippen molar-refractivity contribution in [2.75, 3.05) is 40.4 Å². The first-order chi connectivity index (χ1) is 15.1. The lowest BCUT2D eigenvalue weighted by molar-refractivity contribution is -0.132. The molecule has 0 radical (unpaired) electrons. The van der Waals surface area contributed by atoms with Crippen LogP contribution in [0.5, 0.6) is 11.5 Å². The van der Waals surface area contributed by atoms with E-state index in [4.69, 9.17) is 14.5 Å². The number of amides is 1. The largest absolute Gasteiger partial charge is 0.497 e. The molecular weight excluding hydrogens is 410 g/mol. The van der Waals surface area contributed by atoms with E-state index in [1.165, 1.54) is 0 Å². The smallest absolute Gasteiger partial charge is 0.227 e. The van der Waals surface area contributed by atoms with Gasteiger partial charge in [0.25, 0.3) is 0 Å². The van der Waals surface area contributed by atoms with Crippen molar-refractivity contribution in [2.45, 2.75) is 13.0 Å². The van der Waals surface area contributed by atoms with Gasteiger partial charge in [-0.1, -0.05) is 12.1 Å². The monoisotopic (exact) mass is 437 g/mol. The molecule has 1 aromatic heterocycles. The van der Waals surface area contributed by atoms with Crippen LogP contribution >= 0.6 is 11.3 Å². The van der Waals surface area contributed by atoms with Gasteiger partial charge in [-0.05, 0) is 42.0 Å². The zero-order chi connectivity index (χ0) is 21.6. The highest BCUT2D eigenvalue weighted by molar-refractivity contribution is 7.13. The number of carbonyl (C=O) groups is 1. The van der Waals surface area contributed by atoms with E-state index in [1.54, 1.807) is 25.6 Å². The van der Waals surface area contributed by atoms with Crippen LogP contribution in [-0.2, 0) is 17.8 Å². The molecule has 0 bridgehead atoms. The van der Waals surface area contributed by atoms with Crippen molar-refractivity contribution < 1.29 is 14.3 Å². The van der Waals surface area contributed by atoms with Crippen LogP contribution in [0.1, 0.15) is 11.3 Å². The summed E-state index contributed by atoms with van der Waals surface area (Å²) in [5.41, 5.74) is 3.20. The highest BCUT2D eigenvalue weighted by atomic mass is 32.1. The van der Waals surface area contributed by atoms with Crippen LogP contribution < -0.4 is 9.47 Å². The molecule has 4 rings (SSSR count). The molecule has 0 spiro atoms. The van der Waals surface area contributed by atoms with E-state index in [0.717, 1.165) is 66.1 Å². The van der Waals surface area contributed by atoms with Crippen LogP contribution in [0.2, 0.25) is 0 Å². The molecule has 6 nitrogen and oxygen atoms in total. The minimum absolute atomic E-state index is 0.181. The molecule has 1 aliphatic heterocycles. The number of thiazole rings is 1. The molecular formula is C24H27N3O3S. The summed E-state index contributed by atoms with van der Waals surface area (Å²) in [6, 6.07) is 15.7. The van der Waals surface area contributed by atoms with Gasteiger partial charge in [-0.25, -0.2) is 4.98 Å². The van der Waals surface area contributed by atoms with E-state index in [9.17, 15) is 4.79 Å². The molecule has 0 N–H and O–H groups in total. The van der Waals surface area contributed by atoms with Crippen LogP contribution in [-0.4, -0.2) is 61.1 Å². The normalized spacial score (nSPS) is 14.5. The summed E-state index contributed by atoms with van der Waals surface area (Å²) < 4.78 is 10.4. The van der Waals surface area contributed by atoms with Crippen molar-refractivity contribution in [1.82, 2.24) is 14.8 Å². The molecule has 2 aromatic carbocycles. The fourth-order valence-corrected chi connectivity index (χ4v) is 4.48. The molecule has 1 fully saturated rings. The Kier molecular flexibility index (Phi) is 6.84. The van der Waals surface area contributed by atoms with Gasteiger partial charge in [0.1, 0.15) is 16.5 Å². The van der Waals surface area contributed by atoms with Gasteiger partial charge in [0.2, 0.25) is 5.91 Å². The number of hydrogen-bond acceptors (Lipinski definition) is 6. The quantitative estimate of drug-likeness (QED) is 0.564. The minimum Gasteiger partial charge on any atom is -0.497 e. The Morgan fingerprint density at radius 3 is 2.16 bits per heavy atom. The highest BCUT2D eigenvalue weighted by Gasteiger charge is 2.22. The number of nitrogens with zero attached hydrogens (tertiary/aromatic N) is 3. The second-order valence-electron chi connectivity index (χ2n) is 7.55. The number of piperazine rings is 1. The molecule has 3 aromatic rings. The molecule has 0 unspecified atom stereocenters. The third kappa shape index (κ3) is 5.42. The average molecular weight is 438 g/mol. The molecule has 1 aliphatic rings. The van der Waals surface area contributed by atoms with Gasteiger partial charge in [0.05, 0.1) is 26.3 Å². The van der Waals surface area contributed by atoms with Gasteiger partial charge in [-0.15, -0.1) is 11.3 Å². The van der Waals surface area contributed by atoms with E-state index in [0.29, 0.717) is 6.42 Å². The summed E-state index contributed by atoms with van der Waals surface area (Å²) in [5, 5.41) is 3.15. The Bertz CT molecular complexity index is 994. The van der Waals surface area contributed by atoms with Crippen molar-refractivity contribution in [2.24, 2.45) is 0 Å². The van der Waals surface area contributed by atoms with E-state index >= 15 is 0 Å². The van der Waals surface area contributed by atoms with Crippen molar-refractivity contribution in [3.8, 4) is 22.1 Å². The molecule has 162 valence electrons. The summed E-state index contributed by atoms with van der Waals surface area (Å²) in [6.07, 6.45) is 0.432. The fourth-order valence-electron chi connectivity index (χ4n) is 3.66. The Labute approximate surface area is 187 Å². The molecule has 1 amide bonds. The first-order valence-corrected chi connectivity index (χ1v) is 11.2. The Balaban J connectivity index is 1.27. The maximum Gasteiger partial charge on any atom is 0.227 e. The van der Waals surface area contributed by atoms with E-state index < -0.39 is 0 Å². The summed E-state index contributed by atoms with van der Waals surface area (Å²) in [5.74, 6) is 1.84. The van der Waals surface area contributed by atoms with E-state index in [-0.39, 0.29) is 5.91 Å². The Hall–Kier alpha value is -2.90. The lowest BCUT2D eigenvalue weighted by atomic mass is 10.1. The third-order valence-corrected chi connectivity index (χ3v) is 6.45. The summed E-state index contributed by atoms with van der Waals surface area (Å²) in [7, 11) is 3.31. The second-order valence-corrected chi connectivity index (χ2v) is 8.41. The standard InChI is InChI=1S/C24H27N3O3S/c1-29-21-7-3-18(4-8-21)15-23(28)27-13-11-26(12-14-27)16-20-17-31-24(25-20)19-5-9-22(30-2)10-6-19/h3-10,17H,11-16H2,1-2H3. The number of benzene rings is 2. The maximum atomic E-state index is 12.6. The van der Waals surface area contributed by atoms with E-state index in [2.05, 4.69) is 10.3 Å². The van der Waals surface area contributed by atoms with Gasteiger partial charge in [0, 0.05) is 43.7 Å². The SMILES string of the molecule is COc1ccc(CC(=O)N2CCN(Cc3csc(-c4ccc(OC)cc4)n3)CC2)cc1. The van der Waals surface area contributed by atoms with Crippen molar-refractivity contribution in [3.05, 3.63) is 65.2 Å². The van der Waals surface area contributed by atoms with Crippen LogP contribution in [0.4, 0.5) is 0 Å². The van der Waals surface area contributed by atoms with E-state index in [1.807, 2.05) is 53.4 Å². The third-order valence-electron chi connectivity index (χ3n) is 5.51. The predicted molar refractivity (Wildman–Crippen MR) is 123 cm³/mol. The number of rotatable bonds is 7. The maximum absolute atomic E-state index is 12.6. The van der Waals surface area contributed by atoms with Crippen molar-refractivity contribution in [1.29, 1.82) is 0 Å². The fraction of sp³-hybridized carbons (Fsp3) is 0.333. The molecule has 1 saturated heterocycles. The molecule has 0 aliphatic carbocycles. The predicted octanol–water partition coefficient (Wildman–Crippen LogP) is 3.71. The molecule has 2 heterocycles. The zero-order valence-corrected chi connectivity index (χ0v) is 18.7. The number of ether oxygens (including phenoxy) is 2. The van der Waals surface area contributed by atoms with Crippen LogP contribution in [0.25, 0.3) is 10.6 Å².